The lowest BCUT2D eigenvalue weighted by atomic mass is 9.96. The molecule has 1 aromatic rings. The molecule has 116 valence electrons. The monoisotopic (exact) mass is 304 g/mol. The Hall–Kier alpha value is -2.83. The van der Waals surface area contributed by atoms with E-state index in [1.165, 1.54) is 14.0 Å². The Kier molecular flexibility index (Phi) is 4.16. The zero-order valence-corrected chi connectivity index (χ0v) is 12.0. The summed E-state index contributed by atoms with van der Waals surface area (Å²) in [5.41, 5.74) is 0.322. The van der Waals surface area contributed by atoms with Crippen LogP contribution in [0, 0.1) is 0 Å². The minimum atomic E-state index is -1.49. The molecular formula is C15H14NO6-. The van der Waals surface area contributed by atoms with E-state index in [0.717, 1.165) is 4.90 Å². The van der Waals surface area contributed by atoms with Crippen LogP contribution >= 0.6 is 0 Å². The molecular weight excluding hydrogens is 290 g/mol. The van der Waals surface area contributed by atoms with E-state index >= 15 is 0 Å². The van der Waals surface area contributed by atoms with Crippen LogP contribution in [-0.2, 0) is 14.4 Å². The lowest BCUT2D eigenvalue weighted by molar-refractivity contribution is -0.306. The number of rotatable bonds is 5. The van der Waals surface area contributed by atoms with Gasteiger partial charge in [0, 0.05) is 0 Å². The molecule has 0 bridgehead atoms. The fraction of sp³-hybridized carbons (Fsp3) is 0.267. The molecule has 1 N–H and O–H groups in total. The van der Waals surface area contributed by atoms with E-state index in [0.29, 0.717) is 11.3 Å². The average molecular weight is 304 g/mol. The van der Waals surface area contributed by atoms with Crippen LogP contribution in [0.1, 0.15) is 18.5 Å². The maximum absolute atomic E-state index is 12.0. The number of nitrogens with zero attached hydrogens (tertiary/aromatic N) is 1. The molecule has 1 aliphatic heterocycles. The van der Waals surface area contributed by atoms with Crippen LogP contribution in [-0.4, -0.2) is 41.3 Å². The van der Waals surface area contributed by atoms with Gasteiger partial charge >= 0.3 is 0 Å². The van der Waals surface area contributed by atoms with Crippen molar-refractivity contribution in [2.24, 2.45) is 0 Å². The van der Waals surface area contributed by atoms with Gasteiger partial charge in [-0.05, 0) is 24.6 Å². The van der Waals surface area contributed by atoms with E-state index in [1.807, 2.05) is 0 Å². The predicted molar refractivity (Wildman–Crippen MR) is 72.8 cm³/mol. The van der Waals surface area contributed by atoms with Gasteiger partial charge in [0.05, 0.1) is 31.2 Å². The number of carbonyl (C=O) groups excluding carboxylic acids is 3. The highest BCUT2D eigenvalue weighted by Crippen LogP contribution is 2.38. The van der Waals surface area contributed by atoms with E-state index in [2.05, 4.69) is 0 Å². The number of Topliss-reactive ketones (excluding diaryl/α,β-unsaturated/α-hetero) is 1. The molecule has 0 saturated heterocycles. The highest BCUT2D eigenvalue weighted by atomic mass is 16.5. The van der Waals surface area contributed by atoms with Crippen LogP contribution in [0.25, 0.3) is 0 Å². The smallest absolute Gasteiger partial charge is 0.290 e. The van der Waals surface area contributed by atoms with Crippen molar-refractivity contribution in [3.8, 4) is 5.75 Å². The molecule has 0 aromatic heterocycles. The second-order valence-corrected chi connectivity index (χ2v) is 4.80. The molecule has 0 spiro atoms. The molecule has 1 aromatic carbocycles. The second-order valence-electron chi connectivity index (χ2n) is 4.80. The van der Waals surface area contributed by atoms with Gasteiger partial charge < -0.3 is 24.6 Å². The van der Waals surface area contributed by atoms with E-state index in [9.17, 15) is 24.6 Å². The van der Waals surface area contributed by atoms with Gasteiger partial charge in [-0.1, -0.05) is 12.1 Å². The molecule has 2 rings (SSSR count). The highest BCUT2D eigenvalue weighted by Gasteiger charge is 2.42. The first kappa shape index (κ1) is 15.6. The summed E-state index contributed by atoms with van der Waals surface area (Å²) < 4.78 is 5.08. The van der Waals surface area contributed by atoms with Crippen LogP contribution in [0.4, 0.5) is 0 Å². The Balaban J connectivity index is 2.56. The molecule has 0 radical (unpaired) electrons. The number of aliphatic hydroxyl groups excluding tert-OH is 1. The van der Waals surface area contributed by atoms with Crippen molar-refractivity contribution in [2.45, 2.75) is 13.0 Å². The largest absolute Gasteiger partial charge is 0.548 e. The predicted octanol–water partition coefficient (Wildman–Crippen LogP) is -0.271. The Bertz CT molecular complexity index is 678. The number of carbonyl (C=O) groups is 3. The number of hydrogen-bond donors (Lipinski definition) is 1. The number of carboxylic acid groups (broad SMARTS) is 1. The molecule has 0 aliphatic carbocycles. The Morgan fingerprint density at radius 3 is 2.64 bits per heavy atom. The third-order valence-corrected chi connectivity index (χ3v) is 3.39. The first-order chi connectivity index (χ1) is 10.4. The van der Waals surface area contributed by atoms with Crippen molar-refractivity contribution in [3.63, 3.8) is 0 Å². The number of ketones is 1. The van der Waals surface area contributed by atoms with Crippen molar-refractivity contribution in [2.75, 3.05) is 13.7 Å². The molecule has 22 heavy (non-hydrogen) atoms. The Morgan fingerprint density at radius 1 is 1.41 bits per heavy atom. The highest BCUT2D eigenvalue weighted by molar-refractivity contribution is 6.08. The molecule has 1 unspecified atom stereocenters. The van der Waals surface area contributed by atoms with Crippen molar-refractivity contribution < 1.29 is 29.3 Å². The zero-order valence-electron chi connectivity index (χ0n) is 12.0. The minimum Gasteiger partial charge on any atom is -0.548 e. The maximum Gasteiger partial charge on any atom is 0.290 e. The van der Waals surface area contributed by atoms with Crippen molar-refractivity contribution >= 4 is 17.7 Å². The normalized spacial score (nSPS) is 17.8. The molecule has 0 saturated carbocycles. The summed E-state index contributed by atoms with van der Waals surface area (Å²) in [5.74, 6) is -3.17. The van der Waals surface area contributed by atoms with E-state index in [-0.39, 0.29) is 5.57 Å². The van der Waals surface area contributed by atoms with Gasteiger partial charge in [-0.2, -0.15) is 0 Å². The lowest BCUT2D eigenvalue weighted by Crippen LogP contribution is -2.41. The molecule has 1 heterocycles. The van der Waals surface area contributed by atoms with E-state index in [1.54, 1.807) is 24.3 Å². The van der Waals surface area contributed by atoms with Gasteiger partial charge in [-0.15, -0.1) is 0 Å². The quantitative estimate of drug-likeness (QED) is 0.802. The molecule has 1 amide bonds. The number of amides is 1. The first-order valence-corrected chi connectivity index (χ1v) is 6.45. The summed E-state index contributed by atoms with van der Waals surface area (Å²) in [6, 6.07) is 5.51. The summed E-state index contributed by atoms with van der Waals surface area (Å²) in [4.78, 5) is 35.6. The summed E-state index contributed by atoms with van der Waals surface area (Å²) >= 11 is 0. The lowest BCUT2D eigenvalue weighted by Gasteiger charge is -2.27. The third-order valence-electron chi connectivity index (χ3n) is 3.39. The maximum atomic E-state index is 12.0. The summed E-state index contributed by atoms with van der Waals surface area (Å²) in [7, 11) is 1.46. The number of hydrogen-bond acceptors (Lipinski definition) is 6. The Labute approximate surface area is 126 Å². The first-order valence-electron chi connectivity index (χ1n) is 6.45. The molecule has 7 nitrogen and oxygen atoms in total. The SMILES string of the molecule is COc1cccc(C2C(C(C)=O)=C(O)C(=O)N2CC(=O)[O-])c1. The zero-order chi connectivity index (χ0) is 16.4. The number of ether oxygens (including phenoxy) is 1. The van der Waals surface area contributed by atoms with Crippen LogP contribution in [0.15, 0.2) is 35.6 Å². The topological polar surface area (TPSA) is 107 Å². The number of benzene rings is 1. The van der Waals surface area contributed by atoms with Gasteiger partial charge in [0.2, 0.25) is 0 Å². The van der Waals surface area contributed by atoms with Crippen molar-refractivity contribution in [1.29, 1.82) is 0 Å². The van der Waals surface area contributed by atoms with Crippen molar-refractivity contribution in [1.82, 2.24) is 4.90 Å². The number of aliphatic hydroxyl groups is 1. The second kappa shape index (κ2) is 5.88. The molecule has 1 aliphatic rings. The average Bonchev–Trinajstić information content (AvgIpc) is 2.71. The van der Waals surface area contributed by atoms with Crippen LogP contribution in [0.5, 0.6) is 5.75 Å². The van der Waals surface area contributed by atoms with E-state index in [4.69, 9.17) is 4.74 Å². The van der Waals surface area contributed by atoms with Gasteiger partial charge in [-0.3, -0.25) is 9.59 Å². The Morgan fingerprint density at radius 2 is 2.09 bits per heavy atom. The number of aliphatic carboxylic acids is 1. The van der Waals surface area contributed by atoms with Crippen molar-refractivity contribution in [3.05, 3.63) is 41.2 Å². The standard InChI is InChI=1S/C15H15NO6/c1-8(17)12-13(9-4-3-5-10(6-9)22-2)16(7-11(18)19)15(21)14(12)20/h3-6,13,20H,7H2,1-2H3,(H,18,19)/p-1. The van der Waals surface area contributed by atoms with Gasteiger partial charge in [0.25, 0.3) is 5.91 Å². The number of carboxylic acids is 1. The molecule has 1 atom stereocenters. The third kappa shape index (κ3) is 2.65. The summed E-state index contributed by atoms with van der Waals surface area (Å²) in [6.07, 6.45) is 0. The van der Waals surface area contributed by atoms with Gasteiger partial charge in [0.15, 0.2) is 11.5 Å². The molecule has 0 fully saturated rings. The number of methoxy groups -OCH3 is 1. The van der Waals surface area contributed by atoms with E-state index < -0.39 is 36.0 Å². The van der Waals surface area contributed by atoms with Gasteiger partial charge in [0.1, 0.15) is 5.75 Å². The van der Waals surface area contributed by atoms with Crippen LogP contribution in [0.2, 0.25) is 0 Å². The fourth-order valence-corrected chi connectivity index (χ4v) is 2.47. The van der Waals surface area contributed by atoms with Crippen LogP contribution < -0.4 is 9.84 Å². The fourth-order valence-electron chi connectivity index (χ4n) is 2.47. The van der Waals surface area contributed by atoms with Gasteiger partial charge in [-0.25, -0.2) is 0 Å². The minimum absolute atomic E-state index is 0.139. The summed E-state index contributed by atoms with van der Waals surface area (Å²) in [6.45, 7) is 0.468. The summed E-state index contributed by atoms with van der Waals surface area (Å²) in [5, 5.41) is 20.8. The van der Waals surface area contributed by atoms with Crippen LogP contribution in [0.3, 0.4) is 0 Å². The molecule has 7 heteroatoms.